The van der Waals surface area contributed by atoms with Crippen LogP contribution in [0.1, 0.15) is 20.8 Å². The predicted molar refractivity (Wildman–Crippen MR) is 72.3 cm³/mol. The van der Waals surface area contributed by atoms with Gasteiger partial charge in [0, 0.05) is 11.2 Å². The Kier molecular flexibility index (Phi) is 3.86. The van der Waals surface area contributed by atoms with Crippen LogP contribution < -0.4 is 5.32 Å². The molecule has 0 unspecified atom stereocenters. The van der Waals surface area contributed by atoms with E-state index in [1.165, 1.54) is 30.5 Å². The number of aromatic hydroxyl groups is 1. The van der Waals surface area contributed by atoms with Crippen LogP contribution in [0.2, 0.25) is 5.02 Å². The molecule has 0 spiro atoms. The number of carboxylic acids is 1. The number of amides is 1. The van der Waals surface area contributed by atoms with Crippen LogP contribution >= 0.6 is 11.6 Å². The van der Waals surface area contributed by atoms with E-state index in [2.05, 4.69) is 10.3 Å². The second-order valence-corrected chi connectivity index (χ2v) is 4.29. The fourth-order valence-corrected chi connectivity index (χ4v) is 1.64. The summed E-state index contributed by atoms with van der Waals surface area (Å²) in [5.74, 6) is -2.02. The second kappa shape index (κ2) is 5.58. The highest BCUT2D eigenvalue weighted by Crippen LogP contribution is 2.24. The van der Waals surface area contributed by atoms with Crippen molar-refractivity contribution < 1.29 is 19.8 Å². The van der Waals surface area contributed by atoms with E-state index in [1.807, 2.05) is 0 Å². The van der Waals surface area contributed by atoms with Crippen LogP contribution in [0.3, 0.4) is 0 Å². The molecule has 6 nitrogen and oxygen atoms in total. The maximum atomic E-state index is 11.9. The number of carboxylic acid groups (broad SMARTS) is 1. The largest absolute Gasteiger partial charge is 0.506 e. The molecule has 3 N–H and O–H groups in total. The lowest BCUT2D eigenvalue weighted by Crippen LogP contribution is -2.14. The first kappa shape index (κ1) is 13.8. The summed E-state index contributed by atoms with van der Waals surface area (Å²) < 4.78 is 0. The third-order valence-corrected chi connectivity index (χ3v) is 2.68. The summed E-state index contributed by atoms with van der Waals surface area (Å²) in [7, 11) is 0. The molecular formula is C13H9ClN2O4. The quantitative estimate of drug-likeness (QED) is 0.754. The minimum atomic E-state index is -1.17. The van der Waals surface area contributed by atoms with Crippen LogP contribution in [0.5, 0.6) is 5.75 Å². The lowest BCUT2D eigenvalue weighted by Gasteiger charge is -2.08. The summed E-state index contributed by atoms with van der Waals surface area (Å²) in [5.41, 5.74) is -0.0218. The Morgan fingerprint density at radius 2 is 1.95 bits per heavy atom. The molecule has 0 bridgehead atoms. The maximum absolute atomic E-state index is 11.9. The van der Waals surface area contributed by atoms with Gasteiger partial charge < -0.3 is 15.5 Å². The lowest BCUT2D eigenvalue weighted by molar-refractivity contribution is 0.0696. The van der Waals surface area contributed by atoms with E-state index >= 15 is 0 Å². The molecule has 0 aliphatic rings. The van der Waals surface area contributed by atoms with Gasteiger partial charge >= 0.3 is 5.97 Å². The highest BCUT2D eigenvalue weighted by atomic mass is 35.5. The fourth-order valence-electron chi connectivity index (χ4n) is 1.48. The van der Waals surface area contributed by atoms with Gasteiger partial charge in [0.2, 0.25) is 0 Å². The summed E-state index contributed by atoms with van der Waals surface area (Å²) in [4.78, 5) is 26.6. The van der Waals surface area contributed by atoms with Gasteiger partial charge in [-0.05, 0) is 30.3 Å². The van der Waals surface area contributed by atoms with E-state index in [4.69, 9.17) is 16.7 Å². The van der Waals surface area contributed by atoms with Crippen molar-refractivity contribution in [2.75, 3.05) is 5.32 Å². The molecule has 0 saturated heterocycles. The molecule has 0 fully saturated rings. The van der Waals surface area contributed by atoms with Crippen LogP contribution in [-0.4, -0.2) is 27.1 Å². The van der Waals surface area contributed by atoms with E-state index in [0.717, 1.165) is 6.07 Å². The molecule has 0 atom stereocenters. The lowest BCUT2D eigenvalue weighted by atomic mass is 10.2. The number of pyridine rings is 1. The van der Waals surface area contributed by atoms with Crippen molar-refractivity contribution in [3.63, 3.8) is 0 Å². The average Bonchev–Trinajstić information content (AvgIpc) is 2.41. The van der Waals surface area contributed by atoms with E-state index < -0.39 is 11.9 Å². The van der Waals surface area contributed by atoms with Crippen LogP contribution in [-0.2, 0) is 0 Å². The Morgan fingerprint density at radius 3 is 2.60 bits per heavy atom. The molecule has 102 valence electrons. The van der Waals surface area contributed by atoms with Gasteiger partial charge in [-0.3, -0.25) is 9.78 Å². The third-order valence-electron chi connectivity index (χ3n) is 2.45. The number of halogens is 1. The molecule has 7 heteroatoms. The third kappa shape index (κ3) is 3.04. The molecule has 2 aromatic rings. The molecule has 1 aromatic carbocycles. The normalized spacial score (nSPS) is 10.1. The van der Waals surface area contributed by atoms with Gasteiger partial charge in [0.25, 0.3) is 5.91 Å². The monoisotopic (exact) mass is 292 g/mol. The van der Waals surface area contributed by atoms with E-state index in [0.29, 0.717) is 5.02 Å². The van der Waals surface area contributed by atoms with Crippen molar-refractivity contribution in [1.29, 1.82) is 0 Å². The highest BCUT2D eigenvalue weighted by molar-refractivity contribution is 6.31. The standard InChI is InChI=1S/C13H9ClN2O4/c14-8-3-4-15-10(6-8)12(18)16-9-5-7(13(19)20)1-2-11(9)17/h1-6,17H,(H,16,18)(H,19,20). The molecule has 1 heterocycles. The number of phenols is 1. The Hall–Kier alpha value is -2.60. The van der Waals surface area contributed by atoms with Gasteiger partial charge in [-0.25, -0.2) is 4.79 Å². The summed E-state index contributed by atoms with van der Waals surface area (Å²) in [6.07, 6.45) is 1.37. The van der Waals surface area contributed by atoms with Crippen LogP contribution in [0, 0.1) is 0 Å². The second-order valence-electron chi connectivity index (χ2n) is 3.85. The molecule has 0 aliphatic carbocycles. The zero-order valence-electron chi connectivity index (χ0n) is 10.0. The smallest absolute Gasteiger partial charge is 0.335 e. The first-order valence-electron chi connectivity index (χ1n) is 5.46. The Balaban J connectivity index is 2.27. The van der Waals surface area contributed by atoms with Crippen molar-refractivity contribution in [2.24, 2.45) is 0 Å². The Bertz CT molecular complexity index is 688. The number of benzene rings is 1. The number of carbonyl (C=O) groups excluding carboxylic acids is 1. The number of nitrogens with one attached hydrogen (secondary N) is 1. The number of nitrogens with zero attached hydrogens (tertiary/aromatic N) is 1. The van der Waals surface area contributed by atoms with Crippen molar-refractivity contribution in [3.8, 4) is 5.75 Å². The first-order valence-corrected chi connectivity index (χ1v) is 5.84. The van der Waals surface area contributed by atoms with Crippen molar-refractivity contribution in [2.45, 2.75) is 0 Å². The van der Waals surface area contributed by atoms with Crippen LogP contribution in [0.25, 0.3) is 0 Å². The maximum Gasteiger partial charge on any atom is 0.335 e. The predicted octanol–water partition coefficient (Wildman–Crippen LogP) is 2.39. The highest BCUT2D eigenvalue weighted by Gasteiger charge is 2.13. The van der Waals surface area contributed by atoms with Crippen molar-refractivity contribution in [3.05, 3.63) is 52.8 Å². The van der Waals surface area contributed by atoms with Crippen LogP contribution in [0.4, 0.5) is 5.69 Å². The number of hydrogen-bond donors (Lipinski definition) is 3. The number of anilines is 1. The van der Waals surface area contributed by atoms with E-state index in [-0.39, 0.29) is 22.7 Å². The van der Waals surface area contributed by atoms with Gasteiger partial charge in [-0.15, -0.1) is 0 Å². The van der Waals surface area contributed by atoms with Gasteiger partial charge in [0.1, 0.15) is 11.4 Å². The summed E-state index contributed by atoms with van der Waals surface area (Å²) >= 11 is 5.74. The van der Waals surface area contributed by atoms with Crippen molar-refractivity contribution >= 4 is 29.2 Å². The molecule has 0 saturated carbocycles. The minimum absolute atomic E-state index is 0.0170. The van der Waals surface area contributed by atoms with Gasteiger partial charge in [0.15, 0.2) is 0 Å². The zero-order chi connectivity index (χ0) is 14.7. The van der Waals surface area contributed by atoms with Crippen LogP contribution in [0.15, 0.2) is 36.5 Å². The number of rotatable bonds is 3. The molecule has 2 rings (SSSR count). The fraction of sp³-hybridized carbons (Fsp3) is 0. The molecule has 1 aromatic heterocycles. The van der Waals surface area contributed by atoms with Crippen molar-refractivity contribution in [1.82, 2.24) is 4.98 Å². The minimum Gasteiger partial charge on any atom is -0.506 e. The number of hydrogen-bond acceptors (Lipinski definition) is 4. The molecule has 0 aliphatic heterocycles. The average molecular weight is 293 g/mol. The number of phenolic OH excluding ortho intramolecular Hbond substituents is 1. The Labute approximate surface area is 118 Å². The molecule has 20 heavy (non-hydrogen) atoms. The number of carbonyl (C=O) groups is 2. The molecule has 1 amide bonds. The van der Waals surface area contributed by atoms with Gasteiger partial charge in [0.05, 0.1) is 11.3 Å². The summed E-state index contributed by atoms with van der Waals surface area (Å²) in [5, 5.41) is 21.2. The summed E-state index contributed by atoms with van der Waals surface area (Å²) in [6.45, 7) is 0. The topological polar surface area (TPSA) is 99.5 Å². The van der Waals surface area contributed by atoms with Gasteiger partial charge in [-0.2, -0.15) is 0 Å². The SMILES string of the molecule is O=C(O)c1ccc(O)c(NC(=O)c2cc(Cl)ccn2)c1. The summed E-state index contributed by atoms with van der Waals surface area (Å²) in [6, 6.07) is 6.44. The molecule has 0 radical (unpaired) electrons. The van der Waals surface area contributed by atoms with Gasteiger partial charge in [-0.1, -0.05) is 11.6 Å². The molecular weight excluding hydrogens is 284 g/mol. The van der Waals surface area contributed by atoms with E-state index in [1.54, 1.807) is 0 Å². The first-order chi connectivity index (χ1) is 9.47. The Morgan fingerprint density at radius 1 is 1.20 bits per heavy atom. The van der Waals surface area contributed by atoms with E-state index in [9.17, 15) is 14.7 Å². The zero-order valence-corrected chi connectivity index (χ0v) is 10.8. The number of aromatic nitrogens is 1. The number of aromatic carboxylic acids is 1.